The average molecular weight is 369 g/mol. The average Bonchev–Trinajstić information content (AvgIpc) is 2.48. The maximum atomic E-state index is 12.8. The molecule has 0 spiro atoms. The van der Waals surface area contributed by atoms with E-state index in [0.29, 0.717) is 11.4 Å². The van der Waals surface area contributed by atoms with E-state index in [9.17, 15) is 8.42 Å². The van der Waals surface area contributed by atoms with Crippen LogP contribution < -0.4 is 0 Å². The molecule has 0 atom stereocenters. The zero-order valence-electron chi connectivity index (χ0n) is 12.0. The first-order valence-electron chi connectivity index (χ1n) is 6.61. The summed E-state index contributed by atoms with van der Waals surface area (Å²) in [4.78, 5) is 4.53. The summed E-state index contributed by atoms with van der Waals surface area (Å²) >= 11 is 3.33. The van der Waals surface area contributed by atoms with Crippen molar-refractivity contribution in [3.63, 3.8) is 0 Å². The number of benzene rings is 1. The number of pyridine rings is 1. The van der Waals surface area contributed by atoms with E-state index >= 15 is 0 Å². The van der Waals surface area contributed by atoms with Gasteiger partial charge in [-0.05, 0) is 36.8 Å². The molecule has 0 fully saturated rings. The number of rotatable bonds is 5. The fourth-order valence-electron chi connectivity index (χ4n) is 2.03. The highest BCUT2D eigenvalue weighted by Crippen LogP contribution is 2.24. The molecule has 4 nitrogen and oxygen atoms in total. The molecule has 21 heavy (non-hydrogen) atoms. The Labute approximate surface area is 134 Å². The molecule has 0 aliphatic rings. The Hall–Kier alpha value is -1.24. The highest BCUT2D eigenvalue weighted by molar-refractivity contribution is 9.10. The molecule has 1 heterocycles. The summed E-state index contributed by atoms with van der Waals surface area (Å²) in [6, 6.07) is 10.8. The summed E-state index contributed by atoms with van der Waals surface area (Å²) in [5, 5.41) is 0. The van der Waals surface area contributed by atoms with E-state index in [1.54, 1.807) is 25.3 Å². The third kappa shape index (κ3) is 3.70. The van der Waals surface area contributed by atoms with Crippen LogP contribution in [0.25, 0.3) is 0 Å². The number of halogens is 1. The number of hydrogen-bond donors (Lipinski definition) is 0. The maximum absolute atomic E-state index is 12.8. The van der Waals surface area contributed by atoms with E-state index in [0.717, 1.165) is 15.7 Å². The maximum Gasteiger partial charge on any atom is 0.243 e. The van der Waals surface area contributed by atoms with Crippen LogP contribution in [0, 0.1) is 6.92 Å². The lowest BCUT2D eigenvalue weighted by Gasteiger charge is -2.21. The molecule has 0 saturated heterocycles. The van der Waals surface area contributed by atoms with Crippen LogP contribution in [0.1, 0.15) is 18.2 Å². The van der Waals surface area contributed by atoms with Crippen molar-refractivity contribution in [3.8, 4) is 0 Å². The monoisotopic (exact) mass is 368 g/mol. The van der Waals surface area contributed by atoms with Crippen molar-refractivity contribution >= 4 is 26.0 Å². The van der Waals surface area contributed by atoms with Gasteiger partial charge in [-0.3, -0.25) is 4.98 Å². The van der Waals surface area contributed by atoms with Crippen LogP contribution in [0.5, 0.6) is 0 Å². The number of sulfonamides is 1. The first-order chi connectivity index (χ1) is 9.95. The summed E-state index contributed by atoms with van der Waals surface area (Å²) in [6.45, 7) is 4.29. The standard InChI is InChI=1S/C15H17BrN2O2S/c1-3-18(11-14-6-4-5-9-17-14)21(19,20)15-10-13(16)8-7-12(15)2/h4-10H,3,11H2,1-2H3. The molecule has 112 valence electrons. The van der Waals surface area contributed by atoms with E-state index in [1.807, 2.05) is 31.2 Å². The predicted octanol–water partition coefficient (Wildman–Crippen LogP) is 3.36. The van der Waals surface area contributed by atoms with Crippen molar-refractivity contribution < 1.29 is 8.42 Å². The van der Waals surface area contributed by atoms with E-state index in [1.165, 1.54) is 4.31 Å². The lowest BCUT2D eigenvalue weighted by molar-refractivity contribution is 0.418. The van der Waals surface area contributed by atoms with Crippen molar-refractivity contribution in [1.29, 1.82) is 0 Å². The molecule has 1 aromatic heterocycles. The van der Waals surface area contributed by atoms with E-state index in [-0.39, 0.29) is 6.54 Å². The summed E-state index contributed by atoms with van der Waals surface area (Å²) < 4.78 is 27.8. The molecule has 0 unspecified atom stereocenters. The lowest BCUT2D eigenvalue weighted by atomic mass is 10.2. The zero-order chi connectivity index (χ0) is 15.5. The molecule has 2 rings (SSSR count). The van der Waals surface area contributed by atoms with Crippen LogP contribution >= 0.6 is 15.9 Å². The lowest BCUT2D eigenvalue weighted by Crippen LogP contribution is -2.31. The molecule has 6 heteroatoms. The second kappa shape index (κ2) is 6.68. The van der Waals surface area contributed by atoms with Crippen LogP contribution in [0.15, 0.2) is 52.0 Å². The van der Waals surface area contributed by atoms with Crippen LogP contribution in [0.4, 0.5) is 0 Å². The minimum Gasteiger partial charge on any atom is -0.260 e. The fraction of sp³-hybridized carbons (Fsp3) is 0.267. The van der Waals surface area contributed by atoms with Crippen molar-refractivity contribution in [3.05, 3.63) is 58.3 Å². The van der Waals surface area contributed by atoms with Gasteiger partial charge in [-0.1, -0.05) is 35.0 Å². The third-order valence-corrected chi connectivity index (χ3v) is 5.74. The number of nitrogens with zero attached hydrogens (tertiary/aromatic N) is 2. The quantitative estimate of drug-likeness (QED) is 0.812. The summed E-state index contributed by atoms with van der Waals surface area (Å²) in [6.07, 6.45) is 1.67. The van der Waals surface area contributed by atoms with Gasteiger partial charge in [0, 0.05) is 17.2 Å². The number of aromatic nitrogens is 1. The van der Waals surface area contributed by atoms with Crippen LogP contribution in [0.3, 0.4) is 0 Å². The second-order valence-electron chi connectivity index (χ2n) is 4.66. The molecular formula is C15H17BrN2O2S. The van der Waals surface area contributed by atoms with Gasteiger partial charge in [-0.2, -0.15) is 4.31 Å². The highest BCUT2D eigenvalue weighted by Gasteiger charge is 2.25. The second-order valence-corrected chi connectivity index (χ2v) is 7.48. The van der Waals surface area contributed by atoms with E-state index in [4.69, 9.17) is 0 Å². The number of hydrogen-bond acceptors (Lipinski definition) is 3. The fourth-order valence-corrected chi connectivity index (χ4v) is 4.21. The number of aryl methyl sites for hydroxylation is 1. The Bertz CT molecular complexity index is 718. The Morgan fingerprint density at radius 2 is 2.00 bits per heavy atom. The molecule has 0 aliphatic heterocycles. The Morgan fingerprint density at radius 3 is 2.62 bits per heavy atom. The third-order valence-electron chi connectivity index (χ3n) is 3.19. The Morgan fingerprint density at radius 1 is 1.24 bits per heavy atom. The van der Waals surface area contributed by atoms with Crippen molar-refractivity contribution in [2.45, 2.75) is 25.3 Å². The topological polar surface area (TPSA) is 50.3 Å². The largest absolute Gasteiger partial charge is 0.260 e. The van der Waals surface area contributed by atoms with Gasteiger partial charge in [-0.15, -0.1) is 0 Å². The van der Waals surface area contributed by atoms with Gasteiger partial charge in [0.1, 0.15) is 0 Å². The predicted molar refractivity (Wildman–Crippen MR) is 86.4 cm³/mol. The molecule has 0 N–H and O–H groups in total. The van der Waals surface area contributed by atoms with Gasteiger partial charge < -0.3 is 0 Å². The summed E-state index contributed by atoms with van der Waals surface area (Å²) in [5.41, 5.74) is 1.47. The SMILES string of the molecule is CCN(Cc1ccccn1)S(=O)(=O)c1cc(Br)ccc1C. The first kappa shape index (κ1) is 16.1. The summed E-state index contributed by atoms with van der Waals surface area (Å²) in [5.74, 6) is 0. The van der Waals surface area contributed by atoms with Crippen molar-refractivity contribution in [1.82, 2.24) is 9.29 Å². The molecule has 0 aliphatic carbocycles. The van der Waals surface area contributed by atoms with Gasteiger partial charge in [0.05, 0.1) is 17.1 Å². The van der Waals surface area contributed by atoms with Gasteiger partial charge in [-0.25, -0.2) is 8.42 Å². The van der Waals surface area contributed by atoms with Gasteiger partial charge >= 0.3 is 0 Å². The normalized spacial score (nSPS) is 11.8. The molecule has 0 radical (unpaired) electrons. The van der Waals surface area contributed by atoms with Gasteiger partial charge in [0.2, 0.25) is 10.0 Å². The Kier molecular flexibility index (Phi) is 5.13. The molecular weight excluding hydrogens is 352 g/mol. The van der Waals surface area contributed by atoms with Gasteiger partial charge in [0.25, 0.3) is 0 Å². The minimum absolute atomic E-state index is 0.269. The molecule has 0 amide bonds. The smallest absolute Gasteiger partial charge is 0.243 e. The van der Waals surface area contributed by atoms with Crippen molar-refractivity contribution in [2.24, 2.45) is 0 Å². The van der Waals surface area contributed by atoms with E-state index in [2.05, 4.69) is 20.9 Å². The summed E-state index contributed by atoms with van der Waals surface area (Å²) in [7, 11) is -3.54. The first-order valence-corrected chi connectivity index (χ1v) is 8.84. The van der Waals surface area contributed by atoms with Crippen molar-refractivity contribution in [2.75, 3.05) is 6.54 Å². The molecule has 0 bridgehead atoms. The molecule has 2 aromatic rings. The Balaban J connectivity index is 2.38. The molecule has 0 saturated carbocycles. The highest BCUT2D eigenvalue weighted by atomic mass is 79.9. The molecule has 1 aromatic carbocycles. The van der Waals surface area contributed by atoms with Crippen LogP contribution in [-0.2, 0) is 16.6 Å². The van der Waals surface area contributed by atoms with E-state index < -0.39 is 10.0 Å². The van der Waals surface area contributed by atoms with Gasteiger partial charge in [0.15, 0.2) is 0 Å². The minimum atomic E-state index is -3.54. The van der Waals surface area contributed by atoms with Crippen LogP contribution in [-0.4, -0.2) is 24.3 Å². The zero-order valence-corrected chi connectivity index (χ0v) is 14.4. The van der Waals surface area contributed by atoms with Crippen LogP contribution in [0.2, 0.25) is 0 Å².